The van der Waals surface area contributed by atoms with Gasteiger partial charge in [-0.2, -0.15) is 0 Å². The molecule has 17 heavy (non-hydrogen) atoms. The summed E-state index contributed by atoms with van der Waals surface area (Å²) in [6.07, 6.45) is 1.81. The van der Waals surface area contributed by atoms with Gasteiger partial charge >= 0.3 is 128 Å². The second kappa shape index (κ2) is 5.44. The van der Waals surface area contributed by atoms with Gasteiger partial charge in [-0.3, -0.25) is 0 Å². The Hall–Kier alpha value is 0.178. The quantitative estimate of drug-likeness (QED) is 0.503. The van der Waals surface area contributed by atoms with E-state index < -0.39 is 21.6 Å². The summed E-state index contributed by atoms with van der Waals surface area (Å²) in [6, 6.07) is 10.6. The molecule has 0 unspecified atom stereocenters. The summed E-state index contributed by atoms with van der Waals surface area (Å²) in [6.45, 7) is 4.41. The van der Waals surface area contributed by atoms with Crippen molar-refractivity contribution in [1.82, 2.24) is 0 Å². The van der Waals surface area contributed by atoms with Crippen molar-refractivity contribution in [3.63, 3.8) is 0 Å². The molecule has 0 heterocycles. The van der Waals surface area contributed by atoms with Crippen LogP contribution in [-0.2, 0) is 4.79 Å². The first-order valence-electron chi connectivity index (χ1n) is 5.67. The summed E-state index contributed by atoms with van der Waals surface area (Å²) in [5, 5.41) is 0. The van der Waals surface area contributed by atoms with Crippen LogP contribution in [0, 0.1) is 5.41 Å². The molecule has 0 aliphatic heterocycles. The molecule has 2 rings (SSSR count). The van der Waals surface area contributed by atoms with Gasteiger partial charge in [-0.25, -0.2) is 0 Å². The minimum atomic E-state index is -0.563. The molecule has 0 N–H and O–H groups in total. The van der Waals surface area contributed by atoms with Crippen molar-refractivity contribution < 1.29 is 4.79 Å². The second-order valence-corrected chi connectivity index (χ2v) is 9.88. The molecule has 0 aromatic heterocycles. The molecule has 0 fully saturated rings. The summed E-state index contributed by atoms with van der Waals surface area (Å²) in [5.41, 5.74) is 0.158. The van der Waals surface area contributed by atoms with Gasteiger partial charge in [0.1, 0.15) is 0 Å². The Morgan fingerprint density at radius 2 is 1.82 bits per heavy atom. The van der Waals surface area contributed by atoms with Crippen molar-refractivity contribution in [3.05, 3.63) is 37.4 Å². The Bertz CT molecular complexity index is 462. The van der Waals surface area contributed by atoms with E-state index in [-0.39, 0.29) is 5.41 Å². The molecule has 0 bridgehead atoms. The normalized spacial score (nSPS) is 19.6. The van der Waals surface area contributed by atoms with Crippen LogP contribution in [0.25, 0.3) is 0 Å². The maximum atomic E-state index is 12.0. The van der Waals surface area contributed by atoms with Gasteiger partial charge < -0.3 is 0 Å². The fraction of sp³-hybridized carbons (Fsp3) is 0.357. The number of ketones is 1. The van der Waals surface area contributed by atoms with Gasteiger partial charge in [-0.15, -0.1) is 0 Å². The number of rotatable bonds is 2. The van der Waals surface area contributed by atoms with E-state index >= 15 is 0 Å². The molecule has 1 aliphatic carbocycles. The van der Waals surface area contributed by atoms with Crippen LogP contribution in [0.15, 0.2) is 37.4 Å². The number of hydrogen-bond donors (Lipinski definition) is 0. The van der Waals surface area contributed by atoms with Gasteiger partial charge in [0.05, 0.1) is 0 Å². The molecule has 1 radical (unpaired) electrons. The average molecular weight is 448 g/mol. The Morgan fingerprint density at radius 3 is 2.47 bits per heavy atom. The Morgan fingerprint density at radius 1 is 1.18 bits per heavy atom. The van der Waals surface area contributed by atoms with Gasteiger partial charge in [0.2, 0.25) is 0 Å². The van der Waals surface area contributed by atoms with Crippen LogP contribution in [0.2, 0.25) is 0 Å². The van der Waals surface area contributed by atoms with E-state index in [0.717, 1.165) is 10.0 Å². The Kier molecular flexibility index (Phi) is 4.35. The van der Waals surface area contributed by atoms with Crippen molar-refractivity contribution in [2.75, 3.05) is 0 Å². The Labute approximate surface area is 127 Å². The molecule has 1 nitrogen and oxygen atoms in total. The van der Waals surface area contributed by atoms with Gasteiger partial charge in [-0.1, -0.05) is 0 Å². The Balaban J connectivity index is 2.25. The molecule has 89 valence electrons. The fourth-order valence-corrected chi connectivity index (χ4v) is 7.09. The van der Waals surface area contributed by atoms with Crippen LogP contribution in [0.4, 0.5) is 0 Å². The van der Waals surface area contributed by atoms with E-state index in [9.17, 15) is 4.79 Å². The minimum absolute atomic E-state index is 0.158. The first kappa shape index (κ1) is 13.6. The van der Waals surface area contributed by atoms with Crippen LogP contribution >= 0.6 is 22.6 Å². The summed E-state index contributed by atoms with van der Waals surface area (Å²) in [4.78, 5) is 12.0. The van der Waals surface area contributed by atoms with E-state index in [1.54, 1.807) is 0 Å². The predicted octanol–water partition coefficient (Wildman–Crippen LogP) is 3.05. The van der Waals surface area contributed by atoms with Crippen molar-refractivity contribution in [2.45, 2.75) is 26.7 Å². The van der Waals surface area contributed by atoms with E-state index in [1.807, 2.05) is 0 Å². The topological polar surface area (TPSA) is 17.1 Å². The molecular weight excluding hydrogens is 433 g/mol. The van der Waals surface area contributed by atoms with Crippen LogP contribution in [0.3, 0.4) is 0 Å². The number of Topliss-reactive ketones (excluding diaryl/α,β-unsaturated/α-hetero) is 1. The number of benzene rings is 1. The number of halogens is 1. The van der Waals surface area contributed by atoms with Gasteiger partial charge in [0.15, 0.2) is 0 Å². The zero-order valence-corrected chi connectivity index (χ0v) is 14.7. The van der Waals surface area contributed by atoms with Gasteiger partial charge in [0.25, 0.3) is 0 Å². The van der Waals surface area contributed by atoms with Gasteiger partial charge in [-0.05, 0) is 0 Å². The third-order valence-electron chi connectivity index (χ3n) is 2.80. The zero-order chi connectivity index (χ0) is 12.5. The summed E-state index contributed by atoms with van der Waals surface area (Å²) >= 11 is 1.69. The number of carbonyl (C=O) groups is 1. The fourth-order valence-electron chi connectivity index (χ4n) is 2.01. The van der Waals surface area contributed by atoms with E-state index in [2.05, 4.69) is 66.8 Å². The van der Waals surface area contributed by atoms with E-state index in [1.165, 1.54) is 7.03 Å². The van der Waals surface area contributed by atoms with Crippen LogP contribution in [-0.4, -0.2) is 27.4 Å². The molecule has 0 spiro atoms. The molecule has 1 aromatic rings. The maximum absolute atomic E-state index is 12.0. The average Bonchev–Trinajstić information content (AvgIpc) is 2.26. The predicted molar refractivity (Wildman–Crippen MR) is 80.9 cm³/mol. The third kappa shape index (κ3) is 3.57. The van der Waals surface area contributed by atoms with Crippen molar-refractivity contribution in [3.8, 4) is 0 Å². The molecular formula is C14H15IOSb. The molecule has 0 atom stereocenters. The van der Waals surface area contributed by atoms with Gasteiger partial charge in [0, 0.05) is 0 Å². The van der Waals surface area contributed by atoms with E-state index in [4.69, 9.17) is 0 Å². The van der Waals surface area contributed by atoms with Crippen LogP contribution in [0.1, 0.15) is 26.7 Å². The standard InChI is InChI=1S/C8H10IO.C6H5.Sb/c1-8(2)4-3-6(9)7(10)5-8;1-2-4-6-5-3-1;/h4-5H2,1-2H3;1-5H;. The molecule has 3 heteroatoms. The molecule has 0 saturated carbocycles. The summed E-state index contributed by atoms with van der Waals surface area (Å²) in [5.74, 6) is 0.350. The van der Waals surface area contributed by atoms with E-state index in [0.29, 0.717) is 12.2 Å². The first-order chi connectivity index (χ1) is 7.98. The summed E-state index contributed by atoms with van der Waals surface area (Å²) < 4.78 is 3.93. The van der Waals surface area contributed by atoms with Crippen molar-refractivity contribution >= 4 is 53.5 Å². The van der Waals surface area contributed by atoms with Crippen molar-refractivity contribution in [2.24, 2.45) is 5.41 Å². The zero-order valence-electron chi connectivity index (χ0n) is 10.0. The molecule has 1 aliphatic rings. The molecule has 0 saturated heterocycles. The number of allylic oxidation sites excluding steroid dienone is 2. The van der Waals surface area contributed by atoms with Crippen LogP contribution < -0.4 is 3.51 Å². The number of hydrogen-bond acceptors (Lipinski definition) is 1. The molecule has 0 amide bonds. The summed E-state index contributed by atoms with van der Waals surface area (Å²) in [7, 11) is 0. The van der Waals surface area contributed by atoms with Crippen molar-refractivity contribution in [1.29, 1.82) is 0 Å². The first-order valence-corrected chi connectivity index (χ1v) is 9.30. The SMILES string of the molecule is CC1(C)CC(=O)C(I)=[C]([Sb][c]2ccccc2)C1. The third-order valence-corrected chi connectivity index (χ3v) is 8.77. The molecule has 1 aromatic carbocycles. The van der Waals surface area contributed by atoms with Crippen LogP contribution in [0.5, 0.6) is 0 Å². The second-order valence-electron chi connectivity index (χ2n) is 5.15. The monoisotopic (exact) mass is 447 g/mol. The number of carbonyl (C=O) groups excluding carboxylic acids is 1.